The molecule has 17 heavy (non-hydrogen) atoms. The lowest BCUT2D eigenvalue weighted by Crippen LogP contribution is -2.65. The minimum atomic E-state index is -1.30. The summed E-state index contributed by atoms with van der Waals surface area (Å²) in [6.07, 6.45) is -4.55. The summed E-state index contributed by atoms with van der Waals surface area (Å²) in [7, 11) is 1.49. The third-order valence-electron chi connectivity index (χ3n) is 2.48. The summed E-state index contributed by atoms with van der Waals surface area (Å²) in [5, 5.41) is 30.9. The van der Waals surface area contributed by atoms with Crippen LogP contribution in [0.15, 0.2) is 0 Å². The van der Waals surface area contributed by atoms with Crippen molar-refractivity contribution in [3.63, 3.8) is 0 Å². The average molecular weight is 250 g/mol. The number of hydrogen-bond acceptors (Lipinski definition) is 7. The van der Waals surface area contributed by atoms with Crippen molar-refractivity contribution in [2.24, 2.45) is 0 Å². The van der Waals surface area contributed by atoms with Gasteiger partial charge >= 0.3 is 0 Å². The van der Waals surface area contributed by atoms with E-state index < -0.39 is 43.2 Å². The second-order valence-electron chi connectivity index (χ2n) is 3.75. The first-order valence-electron chi connectivity index (χ1n) is 5.23. The molecule has 1 aliphatic heterocycles. The van der Waals surface area contributed by atoms with Gasteiger partial charge in [-0.1, -0.05) is 0 Å². The van der Waals surface area contributed by atoms with Gasteiger partial charge in [0, 0.05) is 14.0 Å². The molecule has 8 nitrogen and oxygen atoms in total. The van der Waals surface area contributed by atoms with Crippen LogP contribution in [0, 0.1) is 0 Å². The van der Waals surface area contributed by atoms with Gasteiger partial charge in [0.15, 0.2) is 0 Å². The molecule has 100 valence electrons. The van der Waals surface area contributed by atoms with E-state index in [9.17, 15) is 15.0 Å². The summed E-state index contributed by atoms with van der Waals surface area (Å²) in [4.78, 5) is 16.0. The topological polar surface area (TPSA) is 120 Å². The molecular formula is C9H18N2O6. The van der Waals surface area contributed by atoms with Crippen LogP contribution in [0.5, 0.6) is 0 Å². The maximum Gasteiger partial charge on any atom is 0.217 e. The normalized spacial score (nSPS) is 37.8. The molecule has 0 radical (unpaired) electrons. The summed E-state index contributed by atoms with van der Waals surface area (Å²) < 4.78 is 5.21. The van der Waals surface area contributed by atoms with Crippen molar-refractivity contribution in [3.05, 3.63) is 0 Å². The number of nitrogens with one attached hydrogen (secondary N) is 2. The number of carbonyl (C=O) groups is 1. The molecule has 1 heterocycles. The zero-order chi connectivity index (χ0) is 13.0. The molecule has 0 spiro atoms. The highest BCUT2D eigenvalue weighted by Crippen LogP contribution is 2.21. The molecule has 1 aliphatic rings. The van der Waals surface area contributed by atoms with Crippen molar-refractivity contribution in [2.45, 2.75) is 37.6 Å². The predicted molar refractivity (Wildman–Crippen MR) is 55.5 cm³/mol. The fraction of sp³-hybridized carbons (Fsp3) is 0.889. The van der Waals surface area contributed by atoms with Crippen LogP contribution >= 0.6 is 0 Å². The lowest BCUT2D eigenvalue weighted by molar-refractivity contribution is -0.284. The first-order valence-corrected chi connectivity index (χ1v) is 5.23. The van der Waals surface area contributed by atoms with E-state index in [0.717, 1.165) is 0 Å². The lowest BCUT2D eigenvalue weighted by atomic mass is 9.97. The van der Waals surface area contributed by atoms with Gasteiger partial charge in [-0.2, -0.15) is 0 Å². The Morgan fingerprint density at radius 1 is 1.41 bits per heavy atom. The van der Waals surface area contributed by atoms with E-state index in [0.29, 0.717) is 0 Å². The van der Waals surface area contributed by atoms with E-state index in [1.165, 1.54) is 14.0 Å². The van der Waals surface area contributed by atoms with Crippen LogP contribution in [-0.2, 0) is 14.4 Å². The van der Waals surface area contributed by atoms with Gasteiger partial charge in [-0.25, -0.2) is 5.48 Å². The molecule has 0 aromatic carbocycles. The summed E-state index contributed by atoms with van der Waals surface area (Å²) in [5.74, 6) is -0.392. The second-order valence-corrected chi connectivity index (χ2v) is 3.75. The van der Waals surface area contributed by atoms with E-state index in [4.69, 9.17) is 14.7 Å². The average Bonchev–Trinajstić information content (AvgIpc) is 2.28. The van der Waals surface area contributed by atoms with Crippen molar-refractivity contribution in [2.75, 3.05) is 13.7 Å². The van der Waals surface area contributed by atoms with Crippen LogP contribution in [0.1, 0.15) is 6.92 Å². The summed E-state index contributed by atoms with van der Waals surface area (Å²) in [6.45, 7) is 0.808. The SMILES string of the molecule is CNOC1OC(CO)C(O)C(O)C1NC(C)=O. The first kappa shape index (κ1) is 14.3. The molecule has 0 bridgehead atoms. The number of rotatable bonds is 4. The monoisotopic (exact) mass is 250 g/mol. The van der Waals surface area contributed by atoms with Gasteiger partial charge in [0.1, 0.15) is 24.4 Å². The van der Waals surface area contributed by atoms with Crippen LogP contribution in [-0.4, -0.2) is 65.5 Å². The van der Waals surface area contributed by atoms with Gasteiger partial charge in [-0.15, -0.1) is 0 Å². The zero-order valence-electron chi connectivity index (χ0n) is 9.66. The molecule has 0 aromatic heterocycles. The fourth-order valence-electron chi connectivity index (χ4n) is 1.69. The van der Waals surface area contributed by atoms with Crippen molar-refractivity contribution in [1.82, 2.24) is 10.8 Å². The highest BCUT2D eigenvalue weighted by atomic mass is 16.8. The maximum atomic E-state index is 11.0. The Balaban J connectivity index is 2.78. The molecule has 8 heteroatoms. The molecule has 1 fully saturated rings. The van der Waals surface area contributed by atoms with Crippen molar-refractivity contribution in [1.29, 1.82) is 0 Å². The maximum absolute atomic E-state index is 11.0. The van der Waals surface area contributed by atoms with E-state index in [1.54, 1.807) is 0 Å². The van der Waals surface area contributed by atoms with Gasteiger partial charge in [-0.05, 0) is 0 Å². The number of aliphatic hydroxyl groups is 3. The van der Waals surface area contributed by atoms with Crippen LogP contribution in [0.2, 0.25) is 0 Å². The summed E-state index contributed by atoms with van der Waals surface area (Å²) in [5.41, 5.74) is 2.37. The van der Waals surface area contributed by atoms with Gasteiger partial charge in [0.25, 0.3) is 0 Å². The van der Waals surface area contributed by atoms with Crippen molar-refractivity contribution < 1.29 is 29.7 Å². The smallest absolute Gasteiger partial charge is 0.217 e. The molecule has 1 saturated heterocycles. The number of hydrogen-bond donors (Lipinski definition) is 5. The van der Waals surface area contributed by atoms with Crippen LogP contribution in [0.25, 0.3) is 0 Å². The number of aliphatic hydroxyl groups excluding tert-OH is 3. The molecule has 5 atom stereocenters. The number of ether oxygens (including phenoxy) is 1. The molecule has 0 saturated carbocycles. The molecule has 0 aromatic rings. The largest absolute Gasteiger partial charge is 0.394 e. The number of hydroxylamine groups is 1. The fourth-order valence-corrected chi connectivity index (χ4v) is 1.69. The van der Waals surface area contributed by atoms with Crippen LogP contribution < -0.4 is 10.8 Å². The third kappa shape index (κ3) is 3.35. The second kappa shape index (κ2) is 6.24. The minimum absolute atomic E-state index is 0.392. The third-order valence-corrected chi connectivity index (χ3v) is 2.48. The van der Waals surface area contributed by atoms with E-state index >= 15 is 0 Å². The van der Waals surface area contributed by atoms with Gasteiger partial charge in [0.2, 0.25) is 12.2 Å². The van der Waals surface area contributed by atoms with Gasteiger partial charge in [0.05, 0.1) is 6.61 Å². The van der Waals surface area contributed by atoms with Crippen LogP contribution in [0.4, 0.5) is 0 Å². The Morgan fingerprint density at radius 2 is 2.06 bits per heavy atom. The zero-order valence-corrected chi connectivity index (χ0v) is 9.66. The molecule has 5 N–H and O–H groups in total. The number of amides is 1. The Morgan fingerprint density at radius 3 is 2.53 bits per heavy atom. The minimum Gasteiger partial charge on any atom is -0.394 e. The molecular weight excluding hydrogens is 232 g/mol. The number of carbonyl (C=O) groups excluding carboxylic acids is 1. The predicted octanol–water partition coefficient (Wildman–Crippen LogP) is -2.92. The van der Waals surface area contributed by atoms with Crippen LogP contribution in [0.3, 0.4) is 0 Å². The Bertz CT molecular complexity index is 264. The highest BCUT2D eigenvalue weighted by molar-refractivity contribution is 5.73. The van der Waals surface area contributed by atoms with E-state index in [2.05, 4.69) is 10.8 Å². The summed E-state index contributed by atoms with van der Waals surface area (Å²) >= 11 is 0. The Kier molecular flexibility index (Phi) is 5.25. The Labute approximate surface area is 98.5 Å². The molecule has 1 amide bonds. The quantitative estimate of drug-likeness (QED) is 0.339. The van der Waals surface area contributed by atoms with E-state index in [1.807, 2.05) is 0 Å². The highest BCUT2D eigenvalue weighted by Gasteiger charge is 2.45. The standard InChI is InChI=1S/C9H18N2O6/c1-4(13)11-6-8(15)7(14)5(3-12)16-9(6)17-10-2/h5-10,12,14-15H,3H2,1-2H3,(H,11,13). The summed E-state index contributed by atoms with van der Waals surface area (Å²) in [6, 6.07) is -0.919. The Hall–Kier alpha value is -0.770. The molecule has 0 aliphatic carbocycles. The van der Waals surface area contributed by atoms with Crippen molar-refractivity contribution >= 4 is 5.91 Å². The van der Waals surface area contributed by atoms with Gasteiger partial charge in [-0.3, -0.25) is 9.63 Å². The lowest BCUT2D eigenvalue weighted by Gasteiger charge is -2.41. The molecule has 1 rings (SSSR count). The first-order chi connectivity index (χ1) is 8.01. The van der Waals surface area contributed by atoms with Gasteiger partial charge < -0.3 is 25.4 Å². The molecule has 5 unspecified atom stereocenters. The van der Waals surface area contributed by atoms with Crippen molar-refractivity contribution in [3.8, 4) is 0 Å². The van der Waals surface area contributed by atoms with E-state index in [-0.39, 0.29) is 0 Å².